The van der Waals surface area contributed by atoms with E-state index in [1.165, 1.54) is 23.9 Å². The number of hydrogen-bond donors (Lipinski definition) is 2. The lowest BCUT2D eigenvalue weighted by molar-refractivity contribution is -0.133. The molecule has 0 heterocycles. The van der Waals surface area contributed by atoms with Crippen molar-refractivity contribution in [3.8, 4) is 5.75 Å². The molecule has 0 radical (unpaired) electrons. The normalized spacial score (nSPS) is 10.1. The number of para-hydroxylation sites is 1. The number of carboxylic acids is 1. The Morgan fingerprint density at radius 2 is 2.10 bits per heavy atom. The summed E-state index contributed by atoms with van der Waals surface area (Å²) in [6.45, 7) is 0.701. The smallest absolute Gasteiger partial charge is 0.313 e. The van der Waals surface area contributed by atoms with Crippen LogP contribution in [-0.2, 0) is 9.59 Å². The van der Waals surface area contributed by atoms with E-state index in [1.54, 1.807) is 12.1 Å². The molecular weight excluding hydrogens is 297 g/mol. The number of rotatable bonds is 10. The zero-order chi connectivity index (χ0) is 15.5. The molecule has 1 rings (SSSR count). The quantitative estimate of drug-likeness (QED) is 0.645. The molecule has 0 saturated heterocycles. The Kier molecular flexibility index (Phi) is 8.27. The fourth-order valence-electron chi connectivity index (χ4n) is 1.49. The first-order valence-electron chi connectivity index (χ1n) is 6.53. The van der Waals surface area contributed by atoms with E-state index in [9.17, 15) is 14.0 Å². The predicted octanol–water partition coefficient (Wildman–Crippen LogP) is 1.92. The second-order valence-electron chi connectivity index (χ2n) is 4.18. The van der Waals surface area contributed by atoms with Crippen molar-refractivity contribution < 1.29 is 23.8 Å². The van der Waals surface area contributed by atoms with Crippen LogP contribution in [0.1, 0.15) is 12.8 Å². The molecule has 7 heteroatoms. The van der Waals surface area contributed by atoms with Gasteiger partial charge in [0.05, 0.1) is 12.4 Å². The van der Waals surface area contributed by atoms with Gasteiger partial charge in [0.25, 0.3) is 0 Å². The first-order valence-corrected chi connectivity index (χ1v) is 7.68. The van der Waals surface area contributed by atoms with Gasteiger partial charge >= 0.3 is 5.97 Å². The highest BCUT2D eigenvalue weighted by molar-refractivity contribution is 7.99. The van der Waals surface area contributed by atoms with Gasteiger partial charge in [0.15, 0.2) is 11.6 Å². The lowest BCUT2D eigenvalue weighted by atomic mass is 10.3. The molecule has 0 aliphatic heterocycles. The molecular formula is C14H18FNO4S. The first-order chi connectivity index (χ1) is 10.1. The molecule has 1 aromatic carbocycles. The molecule has 5 nitrogen and oxygen atoms in total. The summed E-state index contributed by atoms with van der Waals surface area (Å²) >= 11 is 1.25. The highest BCUT2D eigenvalue weighted by atomic mass is 32.2. The summed E-state index contributed by atoms with van der Waals surface area (Å²) in [6, 6.07) is 6.11. The maximum Gasteiger partial charge on any atom is 0.313 e. The fraction of sp³-hybridized carbons (Fsp3) is 0.429. The molecule has 0 saturated carbocycles. The second kappa shape index (κ2) is 10.0. The number of aliphatic carboxylic acids is 1. The second-order valence-corrected chi connectivity index (χ2v) is 5.28. The maximum absolute atomic E-state index is 13.2. The van der Waals surface area contributed by atoms with E-state index >= 15 is 0 Å². The van der Waals surface area contributed by atoms with Crippen LogP contribution in [0.2, 0.25) is 0 Å². The lowest BCUT2D eigenvalue weighted by Gasteiger charge is -2.07. The van der Waals surface area contributed by atoms with Crippen molar-refractivity contribution in [3.05, 3.63) is 30.1 Å². The van der Waals surface area contributed by atoms with Crippen LogP contribution in [-0.4, -0.2) is 41.6 Å². The highest BCUT2D eigenvalue weighted by Crippen LogP contribution is 2.15. The van der Waals surface area contributed by atoms with Gasteiger partial charge in [-0.1, -0.05) is 12.1 Å². The third-order valence-electron chi connectivity index (χ3n) is 2.44. The molecule has 21 heavy (non-hydrogen) atoms. The van der Waals surface area contributed by atoms with Gasteiger partial charge in [0.2, 0.25) is 5.91 Å². The molecule has 0 aliphatic rings. The standard InChI is InChI=1S/C14H18FNO4S/c15-11-4-1-2-5-12(11)20-8-3-6-13(17)16-7-9-21-10-14(18)19/h1-2,4-5H,3,6-10H2,(H,16,17)(H,18,19). The fourth-order valence-corrected chi connectivity index (χ4v) is 2.05. The van der Waals surface area contributed by atoms with Gasteiger partial charge < -0.3 is 15.2 Å². The van der Waals surface area contributed by atoms with Crippen molar-refractivity contribution in [2.45, 2.75) is 12.8 Å². The Balaban J connectivity index is 2.03. The Morgan fingerprint density at radius 1 is 1.33 bits per heavy atom. The van der Waals surface area contributed by atoms with E-state index in [0.717, 1.165) is 0 Å². The third-order valence-corrected chi connectivity index (χ3v) is 3.38. The van der Waals surface area contributed by atoms with E-state index in [0.29, 0.717) is 18.7 Å². The van der Waals surface area contributed by atoms with E-state index in [1.807, 2.05) is 0 Å². The van der Waals surface area contributed by atoms with Crippen molar-refractivity contribution in [1.82, 2.24) is 5.32 Å². The molecule has 0 spiro atoms. The summed E-state index contributed by atoms with van der Waals surface area (Å²) in [7, 11) is 0. The SMILES string of the molecule is O=C(O)CSCCNC(=O)CCCOc1ccccc1F. The number of nitrogens with one attached hydrogen (secondary N) is 1. The van der Waals surface area contributed by atoms with E-state index < -0.39 is 11.8 Å². The highest BCUT2D eigenvalue weighted by Gasteiger charge is 2.04. The molecule has 1 amide bonds. The van der Waals surface area contributed by atoms with Gasteiger partial charge in [-0.25, -0.2) is 4.39 Å². The summed E-state index contributed by atoms with van der Waals surface area (Å²) in [4.78, 5) is 21.7. The van der Waals surface area contributed by atoms with Crippen molar-refractivity contribution >= 4 is 23.6 Å². The third kappa shape index (κ3) is 8.19. The minimum atomic E-state index is -0.864. The number of amides is 1. The molecule has 116 valence electrons. The zero-order valence-corrected chi connectivity index (χ0v) is 12.3. The summed E-state index contributed by atoms with van der Waals surface area (Å²) in [5.74, 6) is -0.629. The summed E-state index contributed by atoms with van der Waals surface area (Å²) in [5.41, 5.74) is 0. The van der Waals surface area contributed by atoms with E-state index in [2.05, 4.69) is 5.32 Å². The minimum absolute atomic E-state index is 0.0341. The summed E-state index contributed by atoms with van der Waals surface area (Å²) < 4.78 is 18.5. The average molecular weight is 315 g/mol. The Labute approximate surface area is 126 Å². The van der Waals surface area contributed by atoms with Gasteiger partial charge in [-0.15, -0.1) is 11.8 Å². The first kappa shape index (κ1) is 17.3. The molecule has 1 aromatic rings. The van der Waals surface area contributed by atoms with Crippen LogP contribution in [0.3, 0.4) is 0 Å². The van der Waals surface area contributed by atoms with E-state index in [4.69, 9.17) is 9.84 Å². The average Bonchev–Trinajstić information content (AvgIpc) is 2.44. The summed E-state index contributed by atoms with van der Waals surface area (Å²) in [5, 5.41) is 11.1. The number of carbonyl (C=O) groups excluding carboxylic acids is 1. The topological polar surface area (TPSA) is 75.6 Å². The van der Waals surface area contributed by atoms with Crippen molar-refractivity contribution in [3.63, 3.8) is 0 Å². The summed E-state index contributed by atoms with van der Waals surface area (Å²) in [6.07, 6.45) is 0.778. The molecule has 2 N–H and O–H groups in total. The van der Waals surface area contributed by atoms with Crippen LogP contribution in [0.4, 0.5) is 4.39 Å². The Bertz CT molecular complexity index is 470. The van der Waals surface area contributed by atoms with Crippen LogP contribution >= 0.6 is 11.8 Å². The number of carbonyl (C=O) groups is 2. The van der Waals surface area contributed by atoms with Gasteiger partial charge in [-0.3, -0.25) is 9.59 Å². The van der Waals surface area contributed by atoms with Crippen LogP contribution in [0, 0.1) is 5.82 Å². The number of thioether (sulfide) groups is 1. The number of halogens is 1. The van der Waals surface area contributed by atoms with Crippen LogP contribution < -0.4 is 10.1 Å². The number of carboxylic acid groups (broad SMARTS) is 1. The number of hydrogen-bond acceptors (Lipinski definition) is 4. The minimum Gasteiger partial charge on any atom is -0.491 e. The lowest BCUT2D eigenvalue weighted by Crippen LogP contribution is -2.26. The monoisotopic (exact) mass is 315 g/mol. The van der Waals surface area contributed by atoms with Gasteiger partial charge in [-0.2, -0.15) is 0 Å². The van der Waals surface area contributed by atoms with Gasteiger partial charge in [-0.05, 0) is 18.6 Å². The largest absolute Gasteiger partial charge is 0.491 e. The Morgan fingerprint density at radius 3 is 2.81 bits per heavy atom. The molecule has 0 aliphatic carbocycles. The molecule has 0 bridgehead atoms. The molecule has 0 aromatic heterocycles. The van der Waals surface area contributed by atoms with Crippen molar-refractivity contribution in [2.75, 3.05) is 24.7 Å². The number of benzene rings is 1. The molecule has 0 fully saturated rings. The zero-order valence-electron chi connectivity index (χ0n) is 11.5. The van der Waals surface area contributed by atoms with Crippen molar-refractivity contribution in [2.24, 2.45) is 0 Å². The number of ether oxygens (including phenoxy) is 1. The molecule has 0 unspecified atom stereocenters. The van der Waals surface area contributed by atoms with Crippen LogP contribution in [0.15, 0.2) is 24.3 Å². The maximum atomic E-state index is 13.2. The molecule has 0 atom stereocenters. The van der Waals surface area contributed by atoms with E-state index in [-0.39, 0.29) is 30.4 Å². The van der Waals surface area contributed by atoms with Crippen molar-refractivity contribution in [1.29, 1.82) is 0 Å². The predicted molar refractivity (Wildman–Crippen MR) is 79.1 cm³/mol. The Hall–Kier alpha value is -1.76. The van der Waals surface area contributed by atoms with Crippen LogP contribution in [0.5, 0.6) is 5.75 Å². The van der Waals surface area contributed by atoms with Crippen LogP contribution in [0.25, 0.3) is 0 Å². The van der Waals surface area contributed by atoms with Gasteiger partial charge in [0.1, 0.15) is 0 Å². The van der Waals surface area contributed by atoms with Gasteiger partial charge in [0, 0.05) is 18.7 Å².